The van der Waals surface area contributed by atoms with Gasteiger partial charge in [0.25, 0.3) is 0 Å². The predicted molar refractivity (Wildman–Crippen MR) is 122 cm³/mol. The van der Waals surface area contributed by atoms with Crippen molar-refractivity contribution in [3.63, 3.8) is 0 Å². The summed E-state index contributed by atoms with van der Waals surface area (Å²) >= 11 is 0. The molecule has 0 bridgehead atoms. The van der Waals surface area contributed by atoms with Crippen molar-refractivity contribution in [3.05, 3.63) is 101 Å². The van der Waals surface area contributed by atoms with Crippen LogP contribution in [0.1, 0.15) is 22.3 Å². The van der Waals surface area contributed by atoms with Crippen LogP contribution in [0.15, 0.2) is 79.0 Å². The maximum absolute atomic E-state index is 6.10. The van der Waals surface area contributed by atoms with E-state index in [9.17, 15) is 0 Å². The van der Waals surface area contributed by atoms with E-state index in [1.807, 2.05) is 24.3 Å². The van der Waals surface area contributed by atoms with E-state index in [0.717, 1.165) is 35.2 Å². The molecular weight excluding hydrogens is 370 g/mol. The molecule has 0 aliphatic rings. The third-order valence-corrected chi connectivity index (χ3v) is 5.23. The molecule has 0 radical (unpaired) electrons. The minimum atomic E-state index is 0.613. The molecule has 1 heterocycles. The molecule has 0 unspecified atom stereocenters. The van der Waals surface area contributed by atoms with Gasteiger partial charge in [-0.2, -0.15) is 0 Å². The molecule has 3 aromatic carbocycles. The Kier molecular flexibility index (Phi) is 6.29. The second kappa shape index (κ2) is 9.45. The molecule has 0 saturated carbocycles. The number of hydrogen-bond donors (Lipinski definition) is 0. The summed E-state index contributed by atoms with van der Waals surface area (Å²) in [5.74, 6) is 1.64. The van der Waals surface area contributed by atoms with Crippen LogP contribution in [0.25, 0.3) is 10.9 Å². The summed E-state index contributed by atoms with van der Waals surface area (Å²) in [4.78, 5) is 4.55. The molecule has 0 aliphatic heterocycles. The Morgan fingerprint density at radius 2 is 1.20 bits per heavy atom. The van der Waals surface area contributed by atoms with Crippen LogP contribution in [0.5, 0.6) is 11.5 Å². The molecule has 0 amide bonds. The third-order valence-electron chi connectivity index (χ3n) is 5.23. The summed E-state index contributed by atoms with van der Waals surface area (Å²) in [6.07, 6.45) is 3.52. The van der Waals surface area contributed by atoms with Gasteiger partial charge in [0, 0.05) is 24.4 Å². The molecule has 4 rings (SSSR count). The van der Waals surface area contributed by atoms with E-state index < -0.39 is 0 Å². The van der Waals surface area contributed by atoms with E-state index in [4.69, 9.17) is 9.47 Å². The van der Waals surface area contributed by atoms with Gasteiger partial charge in [0.15, 0.2) is 0 Å². The van der Waals surface area contributed by atoms with Crippen LogP contribution in [0.3, 0.4) is 0 Å². The zero-order valence-corrected chi connectivity index (χ0v) is 17.6. The number of fused-ring (bicyclic) bond motifs is 1. The third kappa shape index (κ3) is 4.98. The highest BCUT2D eigenvalue weighted by Crippen LogP contribution is 2.30. The first-order chi connectivity index (χ1) is 14.7. The van der Waals surface area contributed by atoms with Crippen molar-refractivity contribution >= 4 is 10.9 Å². The van der Waals surface area contributed by atoms with Crippen LogP contribution in [0.4, 0.5) is 0 Å². The lowest BCUT2D eigenvalue weighted by Crippen LogP contribution is -2.04. The van der Waals surface area contributed by atoms with E-state index in [2.05, 4.69) is 67.4 Å². The summed E-state index contributed by atoms with van der Waals surface area (Å²) in [6.45, 7) is 5.44. The van der Waals surface area contributed by atoms with Gasteiger partial charge < -0.3 is 9.47 Å². The Morgan fingerprint density at radius 1 is 0.633 bits per heavy atom. The number of benzene rings is 3. The van der Waals surface area contributed by atoms with Crippen LogP contribution in [-0.4, -0.2) is 18.2 Å². The fourth-order valence-electron chi connectivity index (χ4n) is 3.43. The standard InChI is InChI=1S/C27H27NO2/c1-20-6-10-22(11-7-20)15-18-29-25-14-17-28-27-24(25)4-3-5-26(27)30-19-16-23-12-8-21(2)9-13-23/h3-14,17H,15-16,18-19H2,1-2H3. The lowest BCUT2D eigenvalue weighted by molar-refractivity contribution is 0.321. The Labute approximate surface area is 178 Å². The Hall–Kier alpha value is -3.33. The Morgan fingerprint density at radius 3 is 1.80 bits per heavy atom. The number of pyridine rings is 1. The van der Waals surface area contributed by atoms with E-state index in [-0.39, 0.29) is 0 Å². The van der Waals surface area contributed by atoms with Crippen LogP contribution in [-0.2, 0) is 12.8 Å². The second-order valence-electron chi connectivity index (χ2n) is 7.63. The first kappa shape index (κ1) is 20.0. The van der Waals surface area contributed by atoms with Gasteiger partial charge in [-0.05, 0) is 43.2 Å². The van der Waals surface area contributed by atoms with Gasteiger partial charge in [0.05, 0.1) is 13.2 Å². The number of rotatable bonds is 8. The largest absolute Gasteiger partial charge is 0.492 e. The van der Waals surface area contributed by atoms with Gasteiger partial charge in [-0.15, -0.1) is 0 Å². The predicted octanol–water partition coefficient (Wildman–Crippen LogP) is 6.09. The molecule has 0 atom stereocenters. The minimum Gasteiger partial charge on any atom is -0.492 e. The number of nitrogens with zero attached hydrogens (tertiary/aromatic N) is 1. The maximum atomic E-state index is 6.10. The topological polar surface area (TPSA) is 31.4 Å². The van der Waals surface area contributed by atoms with Crippen molar-refractivity contribution in [2.24, 2.45) is 0 Å². The van der Waals surface area contributed by atoms with Crippen LogP contribution < -0.4 is 9.47 Å². The summed E-state index contributed by atoms with van der Waals surface area (Å²) in [5.41, 5.74) is 5.93. The van der Waals surface area contributed by atoms with Crippen molar-refractivity contribution in [2.45, 2.75) is 26.7 Å². The fourth-order valence-corrected chi connectivity index (χ4v) is 3.43. The summed E-state index contributed by atoms with van der Waals surface area (Å²) in [6, 6.07) is 25.1. The molecule has 3 heteroatoms. The molecule has 1 aromatic heterocycles. The average molecular weight is 398 g/mol. The molecule has 4 aromatic rings. The zero-order valence-electron chi connectivity index (χ0n) is 17.6. The minimum absolute atomic E-state index is 0.613. The van der Waals surface area contributed by atoms with Crippen molar-refractivity contribution in [1.29, 1.82) is 0 Å². The highest BCUT2D eigenvalue weighted by atomic mass is 16.5. The Balaban J connectivity index is 1.41. The van der Waals surface area contributed by atoms with Gasteiger partial charge in [0.2, 0.25) is 0 Å². The average Bonchev–Trinajstić information content (AvgIpc) is 2.77. The lowest BCUT2D eigenvalue weighted by Gasteiger charge is -2.12. The van der Waals surface area contributed by atoms with Gasteiger partial charge in [-0.25, -0.2) is 0 Å². The molecule has 0 aliphatic carbocycles. The Bertz CT molecular complexity index is 1010. The zero-order chi connectivity index (χ0) is 20.8. The molecule has 3 nitrogen and oxygen atoms in total. The first-order valence-corrected chi connectivity index (χ1v) is 10.4. The summed E-state index contributed by atoms with van der Waals surface area (Å²) < 4.78 is 12.2. The SMILES string of the molecule is Cc1ccc(CCOc2ccnc3c(OCCc4ccc(C)cc4)cccc23)cc1. The van der Waals surface area contributed by atoms with Crippen LogP contribution in [0.2, 0.25) is 0 Å². The first-order valence-electron chi connectivity index (χ1n) is 10.4. The van der Waals surface area contributed by atoms with Crippen molar-refractivity contribution < 1.29 is 9.47 Å². The normalized spacial score (nSPS) is 10.9. The van der Waals surface area contributed by atoms with E-state index in [1.165, 1.54) is 22.3 Å². The van der Waals surface area contributed by atoms with Gasteiger partial charge in [-0.1, -0.05) is 65.7 Å². The molecular formula is C27H27NO2. The van der Waals surface area contributed by atoms with Crippen molar-refractivity contribution in [1.82, 2.24) is 4.98 Å². The molecule has 0 spiro atoms. The van der Waals surface area contributed by atoms with E-state index in [0.29, 0.717) is 13.2 Å². The van der Waals surface area contributed by atoms with Gasteiger partial charge >= 0.3 is 0 Å². The monoisotopic (exact) mass is 397 g/mol. The number of para-hydroxylation sites is 1. The number of aryl methyl sites for hydroxylation is 2. The number of aromatic nitrogens is 1. The molecule has 152 valence electrons. The van der Waals surface area contributed by atoms with Crippen molar-refractivity contribution in [3.8, 4) is 11.5 Å². The fraction of sp³-hybridized carbons (Fsp3) is 0.222. The van der Waals surface area contributed by atoms with Gasteiger partial charge in [-0.3, -0.25) is 4.98 Å². The summed E-state index contributed by atoms with van der Waals surface area (Å²) in [7, 11) is 0. The molecule has 30 heavy (non-hydrogen) atoms. The quantitative estimate of drug-likeness (QED) is 0.360. The molecule has 0 N–H and O–H groups in total. The summed E-state index contributed by atoms with van der Waals surface area (Å²) in [5, 5.41) is 0.981. The van der Waals surface area contributed by atoms with E-state index in [1.54, 1.807) is 6.20 Å². The maximum Gasteiger partial charge on any atom is 0.145 e. The highest BCUT2D eigenvalue weighted by molar-refractivity contribution is 5.89. The van der Waals surface area contributed by atoms with Gasteiger partial charge in [0.1, 0.15) is 17.0 Å². The van der Waals surface area contributed by atoms with Crippen LogP contribution >= 0.6 is 0 Å². The number of ether oxygens (including phenoxy) is 2. The smallest absolute Gasteiger partial charge is 0.145 e. The van der Waals surface area contributed by atoms with Crippen molar-refractivity contribution in [2.75, 3.05) is 13.2 Å². The molecule has 0 saturated heterocycles. The van der Waals surface area contributed by atoms with E-state index >= 15 is 0 Å². The van der Waals surface area contributed by atoms with Crippen LogP contribution in [0, 0.1) is 13.8 Å². The number of hydrogen-bond acceptors (Lipinski definition) is 3. The molecule has 0 fully saturated rings. The lowest BCUT2D eigenvalue weighted by atomic mass is 10.1. The second-order valence-corrected chi connectivity index (χ2v) is 7.63. The highest BCUT2D eigenvalue weighted by Gasteiger charge is 2.09.